The van der Waals surface area contributed by atoms with Gasteiger partial charge in [0.25, 0.3) is 0 Å². The van der Waals surface area contributed by atoms with Crippen LogP contribution in [0.2, 0.25) is 0 Å². The van der Waals surface area contributed by atoms with E-state index in [0.717, 1.165) is 17.5 Å². The van der Waals surface area contributed by atoms with Crippen molar-refractivity contribution in [2.24, 2.45) is 0 Å². The van der Waals surface area contributed by atoms with Crippen LogP contribution in [-0.4, -0.2) is 43.7 Å². The normalized spacial score (nSPS) is 17.7. The minimum absolute atomic E-state index is 0. The largest absolute Gasteiger partial charge is 0.361 e. The lowest BCUT2D eigenvalue weighted by molar-refractivity contribution is 0.310. The molecule has 3 aromatic rings. The minimum Gasteiger partial charge on any atom is -0.361 e. The zero-order valence-corrected chi connectivity index (χ0v) is 16.5. The van der Waals surface area contributed by atoms with Crippen molar-refractivity contribution in [3.63, 3.8) is 0 Å². The number of hydrogen-bond donors (Lipinski definition) is 1. The maximum Gasteiger partial charge on any atom is 0.178 e. The van der Waals surface area contributed by atoms with Gasteiger partial charge in [-0.3, -0.25) is 0 Å². The molecular weight excluding hydrogens is 368 g/mol. The number of likely N-dealkylation sites (tertiary alicyclic amines) is 1. The molecule has 4 nitrogen and oxygen atoms in total. The van der Waals surface area contributed by atoms with Crippen LogP contribution in [0.1, 0.15) is 31.4 Å². The molecule has 2 heterocycles. The lowest BCUT2D eigenvalue weighted by Crippen LogP contribution is -2.26. The van der Waals surface area contributed by atoms with Gasteiger partial charge in [-0.2, -0.15) is 0 Å². The van der Waals surface area contributed by atoms with E-state index in [1.54, 1.807) is 24.3 Å². The Hall–Kier alpha value is -2.11. The molecule has 1 N–H and O–H groups in total. The summed E-state index contributed by atoms with van der Waals surface area (Å²) in [6.45, 7) is 1.18. The Bertz CT molecular complexity index is 1030. The van der Waals surface area contributed by atoms with Gasteiger partial charge in [-0.1, -0.05) is 31.7 Å². The third-order valence-corrected chi connectivity index (χ3v) is 7.45. The molecule has 0 spiro atoms. The molecule has 28 heavy (non-hydrogen) atoms. The molecule has 0 bridgehead atoms. The van der Waals surface area contributed by atoms with Crippen LogP contribution in [-0.2, 0) is 22.7 Å². The first-order chi connectivity index (χ1) is 13.0. The maximum atomic E-state index is 12.5. The van der Waals surface area contributed by atoms with E-state index in [2.05, 4.69) is 35.3 Å². The maximum absolute atomic E-state index is 12.5. The lowest BCUT2D eigenvalue weighted by atomic mass is 10.0. The van der Waals surface area contributed by atoms with Gasteiger partial charge in [-0.15, -0.1) is 0 Å². The number of nitrogens with zero attached hydrogens (tertiary/aromatic N) is 1. The highest BCUT2D eigenvalue weighted by Crippen LogP contribution is 2.26. The van der Waals surface area contributed by atoms with E-state index in [0.29, 0.717) is 17.4 Å². The summed E-state index contributed by atoms with van der Waals surface area (Å²) in [5.41, 5.74) is 3.53. The number of fused-ring (bicyclic) bond motifs is 1. The predicted molar refractivity (Wildman–Crippen MR) is 117 cm³/mol. The van der Waals surface area contributed by atoms with E-state index in [1.807, 2.05) is 12.1 Å². The van der Waals surface area contributed by atoms with Crippen LogP contribution in [0.5, 0.6) is 0 Å². The van der Waals surface area contributed by atoms with Crippen LogP contribution < -0.4 is 0 Å². The zero-order valence-electron chi connectivity index (χ0n) is 15.7. The molecule has 1 aliphatic heterocycles. The van der Waals surface area contributed by atoms with Gasteiger partial charge in [0.1, 0.15) is 0 Å². The molecule has 0 amide bonds. The summed E-state index contributed by atoms with van der Waals surface area (Å²) in [6.07, 6.45) is 6.20. The number of sulfone groups is 1. The number of likely N-dealkylation sites (N-methyl/N-ethyl adjacent to an activating group) is 1. The first-order valence-corrected chi connectivity index (χ1v) is 11.2. The van der Waals surface area contributed by atoms with Gasteiger partial charge < -0.3 is 9.88 Å². The third-order valence-electron chi connectivity index (χ3n) is 5.72. The van der Waals surface area contributed by atoms with Crippen molar-refractivity contribution in [3.05, 3.63) is 65.9 Å². The predicted octanol–water partition coefficient (Wildman–Crippen LogP) is 4.46. The molecule has 0 saturated carbocycles. The smallest absolute Gasteiger partial charge is 0.178 e. The molecule has 1 atom stereocenters. The monoisotopic (exact) mass is 398 g/mol. The number of rotatable bonds is 6. The van der Waals surface area contributed by atoms with Gasteiger partial charge in [0.2, 0.25) is 0 Å². The fourth-order valence-corrected chi connectivity index (χ4v) is 5.35. The summed E-state index contributed by atoms with van der Waals surface area (Å²) in [4.78, 5) is 6.21. The van der Waals surface area contributed by atoms with Crippen LogP contribution in [0.15, 0.2) is 59.6 Å². The second kappa shape index (κ2) is 8.50. The SMILES string of the molecule is C.CN1CCC[C@@H]1Cc1c[nH]c2ccc(CCS(=O)(=O)c3ccccc3)cc12. The molecule has 1 aliphatic rings. The van der Waals surface area contributed by atoms with Gasteiger partial charge >= 0.3 is 0 Å². The Kier molecular flexibility index (Phi) is 6.26. The molecule has 4 rings (SSSR count). The van der Waals surface area contributed by atoms with E-state index in [4.69, 9.17) is 0 Å². The number of H-pyrrole nitrogens is 1. The topological polar surface area (TPSA) is 53.2 Å². The first-order valence-electron chi connectivity index (χ1n) is 9.60. The number of aryl methyl sites for hydroxylation is 1. The summed E-state index contributed by atoms with van der Waals surface area (Å²) >= 11 is 0. The van der Waals surface area contributed by atoms with Crippen molar-refractivity contribution in [1.82, 2.24) is 9.88 Å². The van der Waals surface area contributed by atoms with Crippen molar-refractivity contribution in [3.8, 4) is 0 Å². The van der Waals surface area contributed by atoms with Crippen molar-refractivity contribution < 1.29 is 8.42 Å². The van der Waals surface area contributed by atoms with E-state index in [-0.39, 0.29) is 13.2 Å². The summed E-state index contributed by atoms with van der Waals surface area (Å²) < 4.78 is 25.1. The van der Waals surface area contributed by atoms with Gasteiger partial charge in [0, 0.05) is 23.1 Å². The number of benzene rings is 2. The van der Waals surface area contributed by atoms with Crippen molar-refractivity contribution >= 4 is 20.7 Å². The third kappa shape index (κ3) is 4.31. The van der Waals surface area contributed by atoms with Gasteiger partial charge in [0.15, 0.2) is 9.84 Å². The summed E-state index contributed by atoms with van der Waals surface area (Å²) in [7, 11) is -1.05. The quantitative estimate of drug-likeness (QED) is 0.667. The first kappa shape index (κ1) is 20.6. The van der Waals surface area contributed by atoms with Crippen LogP contribution in [0.25, 0.3) is 10.9 Å². The Morgan fingerprint density at radius 2 is 1.93 bits per heavy atom. The molecule has 1 fully saturated rings. The molecule has 1 saturated heterocycles. The van der Waals surface area contributed by atoms with Crippen LogP contribution >= 0.6 is 0 Å². The molecule has 0 aliphatic carbocycles. The average molecular weight is 399 g/mol. The van der Waals surface area contributed by atoms with Crippen molar-refractivity contribution in [2.45, 2.75) is 44.0 Å². The minimum atomic E-state index is -3.25. The van der Waals surface area contributed by atoms with Crippen LogP contribution in [0.3, 0.4) is 0 Å². The molecule has 1 aromatic heterocycles. The number of hydrogen-bond acceptors (Lipinski definition) is 3. The fourth-order valence-electron chi connectivity index (χ4n) is 4.04. The highest BCUT2D eigenvalue weighted by Gasteiger charge is 2.22. The van der Waals surface area contributed by atoms with E-state index in [1.165, 1.54) is 30.3 Å². The average Bonchev–Trinajstić information content (AvgIpc) is 3.27. The molecule has 5 heteroatoms. The molecule has 2 aromatic carbocycles. The Morgan fingerprint density at radius 1 is 1.14 bits per heavy atom. The summed E-state index contributed by atoms with van der Waals surface area (Å²) in [5, 5.41) is 1.23. The number of aromatic nitrogens is 1. The molecular formula is C23H30N2O2S. The zero-order chi connectivity index (χ0) is 18.9. The molecule has 0 unspecified atom stereocenters. The van der Waals surface area contributed by atoms with E-state index < -0.39 is 9.84 Å². The number of aromatic amines is 1. The van der Waals surface area contributed by atoms with Crippen LogP contribution in [0.4, 0.5) is 0 Å². The Labute approximate surface area is 168 Å². The standard InChI is InChI=1S/C22H26N2O2S.CH4/c1-24-12-5-6-19(24)15-18-16-23-22-10-9-17(14-21(18)22)11-13-27(25,26)20-7-3-2-4-8-20;/h2-4,7-10,14,16,19,23H,5-6,11-13,15H2,1H3;1H4/t19-;/m1./s1. The van der Waals surface area contributed by atoms with Crippen molar-refractivity contribution in [1.29, 1.82) is 0 Å². The summed E-state index contributed by atoms with van der Waals surface area (Å²) in [5.74, 6) is 0.133. The van der Waals surface area contributed by atoms with Gasteiger partial charge in [-0.05, 0) is 74.7 Å². The highest BCUT2D eigenvalue weighted by molar-refractivity contribution is 7.91. The van der Waals surface area contributed by atoms with Crippen LogP contribution in [0, 0.1) is 0 Å². The second-order valence-corrected chi connectivity index (χ2v) is 9.67. The van der Waals surface area contributed by atoms with Crippen molar-refractivity contribution in [2.75, 3.05) is 19.3 Å². The van der Waals surface area contributed by atoms with Gasteiger partial charge in [0.05, 0.1) is 10.6 Å². The van der Waals surface area contributed by atoms with Gasteiger partial charge in [-0.25, -0.2) is 8.42 Å². The second-order valence-electron chi connectivity index (χ2n) is 7.56. The highest BCUT2D eigenvalue weighted by atomic mass is 32.2. The Morgan fingerprint density at radius 3 is 2.64 bits per heavy atom. The molecule has 0 radical (unpaired) electrons. The number of nitrogens with one attached hydrogen (secondary N) is 1. The fraction of sp³-hybridized carbons (Fsp3) is 0.391. The summed E-state index contributed by atoms with van der Waals surface area (Å²) in [6, 6.07) is 15.6. The lowest BCUT2D eigenvalue weighted by Gasteiger charge is -2.18. The van der Waals surface area contributed by atoms with E-state index in [9.17, 15) is 8.42 Å². The molecule has 150 valence electrons. The Balaban J connectivity index is 0.00000225. The van der Waals surface area contributed by atoms with E-state index >= 15 is 0 Å².